The largest absolute Gasteiger partial charge is 0.573 e. The Morgan fingerprint density at radius 1 is 1.07 bits per heavy atom. The Labute approximate surface area is 166 Å². The van der Waals surface area contributed by atoms with Crippen molar-refractivity contribution in [1.29, 1.82) is 0 Å². The number of carbonyl (C=O) groups is 2. The summed E-state index contributed by atoms with van der Waals surface area (Å²) in [6.45, 7) is 1.66. The summed E-state index contributed by atoms with van der Waals surface area (Å²) in [7, 11) is 0. The number of alkyl halides is 3. The molecule has 0 unspecified atom stereocenters. The summed E-state index contributed by atoms with van der Waals surface area (Å²) >= 11 is 0. The average molecular weight is 406 g/mol. The maximum Gasteiger partial charge on any atom is 0.573 e. The highest BCUT2D eigenvalue weighted by molar-refractivity contribution is 5.78. The normalized spacial score (nSPS) is 14.2. The molecule has 1 aliphatic rings. The zero-order valence-corrected chi connectivity index (χ0v) is 15.7. The fourth-order valence-electron chi connectivity index (χ4n) is 3.19. The van der Waals surface area contributed by atoms with Crippen molar-refractivity contribution in [2.45, 2.75) is 38.7 Å². The second-order valence-electron chi connectivity index (χ2n) is 6.88. The molecule has 1 aliphatic heterocycles. The van der Waals surface area contributed by atoms with Crippen LogP contribution in [0.15, 0.2) is 48.5 Å². The highest BCUT2D eigenvalue weighted by atomic mass is 19.4. The number of hydrogen-bond acceptors (Lipinski definition) is 3. The van der Waals surface area contributed by atoms with E-state index in [1.54, 1.807) is 0 Å². The number of halogens is 3. The maximum atomic E-state index is 12.2. The smallest absolute Gasteiger partial charge is 0.406 e. The summed E-state index contributed by atoms with van der Waals surface area (Å²) in [5.41, 5.74) is 2.50. The minimum Gasteiger partial charge on any atom is -0.406 e. The van der Waals surface area contributed by atoms with Gasteiger partial charge in [-0.25, -0.2) is 0 Å². The SMILES string of the molecule is O=C(Cc1ccc(OC(F)(F)F)cc1)NCc1cccc(CN2CCCC2=O)c1. The minimum atomic E-state index is -4.74. The molecule has 2 aromatic rings. The molecule has 0 saturated carbocycles. The lowest BCUT2D eigenvalue weighted by Crippen LogP contribution is -2.25. The molecule has 2 amide bonds. The monoisotopic (exact) mass is 406 g/mol. The van der Waals surface area contributed by atoms with E-state index in [0.29, 0.717) is 25.1 Å². The fraction of sp³-hybridized carbons (Fsp3) is 0.333. The molecule has 154 valence electrons. The van der Waals surface area contributed by atoms with Crippen LogP contribution in [0.25, 0.3) is 0 Å². The zero-order chi connectivity index (χ0) is 20.9. The van der Waals surface area contributed by atoms with Crippen LogP contribution in [-0.2, 0) is 29.1 Å². The van der Waals surface area contributed by atoms with Crippen LogP contribution in [0, 0.1) is 0 Å². The Hall–Kier alpha value is -3.03. The van der Waals surface area contributed by atoms with Gasteiger partial charge in [-0.05, 0) is 35.2 Å². The maximum absolute atomic E-state index is 12.2. The van der Waals surface area contributed by atoms with E-state index in [1.165, 1.54) is 24.3 Å². The van der Waals surface area contributed by atoms with Crippen LogP contribution in [0.1, 0.15) is 29.5 Å². The van der Waals surface area contributed by atoms with E-state index in [0.717, 1.165) is 24.1 Å². The minimum absolute atomic E-state index is 0.0499. The first-order chi connectivity index (χ1) is 13.8. The second kappa shape index (κ2) is 8.98. The van der Waals surface area contributed by atoms with E-state index < -0.39 is 6.36 Å². The number of carbonyl (C=O) groups excluding carboxylic acids is 2. The topological polar surface area (TPSA) is 58.6 Å². The van der Waals surface area contributed by atoms with Gasteiger partial charge in [0.15, 0.2) is 0 Å². The van der Waals surface area contributed by atoms with Crippen LogP contribution in [0.5, 0.6) is 5.75 Å². The Morgan fingerprint density at radius 2 is 1.79 bits per heavy atom. The number of likely N-dealkylation sites (tertiary alicyclic amines) is 1. The third-order valence-corrected chi connectivity index (χ3v) is 4.55. The molecule has 2 aromatic carbocycles. The van der Waals surface area contributed by atoms with Crippen molar-refractivity contribution >= 4 is 11.8 Å². The van der Waals surface area contributed by atoms with E-state index in [1.807, 2.05) is 29.2 Å². The number of nitrogens with zero attached hydrogens (tertiary/aromatic N) is 1. The van der Waals surface area contributed by atoms with Crippen LogP contribution in [0.4, 0.5) is 13.2 Å². The molecule has 0 aromatic heterocycles. The molecule has 0 radical (unpaired) electrons. The predicted octanol–water partition coefficient (Wildman–Crippen LogP) is 3.57. The van der Waals surface area contributed by atoms with Gasteiger partial charge in [-0.2, -0.15) is 0 Å². The summed E-state index contributed by atoms with van der Waals surface area (Å²) < 4.78 is 40.3. The van der Waals surface area contributed by atoms with E-state index in [-0.39, 0.29) is 24.0 Å². The number of benzene rings is 2. The van der Waals surface area contributed by atoms with Gasteiger partial charge in [-0.1, -0.05) is 36.4 Å². The average Bonchev–Trinajstić information content (AvgIpc) is 3.05. The molecule has 1 heterocycles. The fourth-order valence-corrected chi connectivity index (χ4v) is 3.19. The van der Waals surface area contributed by atoms with E-state index in [4.69, 9.17) is 0 Å². The van der Waals surface area contributed by atoms with Crippen LogP contribution in [-0.4, -0.2) is 29.6 Å². The van der Waals surface area contributed by atoms with Crippen molar-refractivity contribution in [2.75, 3.05) is 6.54 Å². The first kappa shape index (κ1) is 20.7. The lowest BCUT2D eigenvalue weighted by molar-refractivity contribution is -0.274. The third kappa shape index (κ3) is 6.51. The van der Waals surface area contributed by atoms with E-state index in [9.17, 15) is 22.8 Å². The van der Waals surface area contributed by atoms with Crippen LogP contribution >= 0.6 is 0 Å². The zero-order valence-electron chi connectivity index (χ0n) is 15.7. The lowest BCUT2D eigenvalue weighted by atomic mass is 10.1. The van der Waals surface area contributed by atoms with Crippen molar-refractivity contribution < 1.29 is 27.5 Å². The molecule has 0 aliphatic carbocycles. The number of amides is 2. The van der Waals surface area contributed by atoms with Gasteiger partial charge in [0.1, 0.15) is 5.75 Å². The quantitative estimate of drug-likeness (QED) is 0.765. The Bertz CT molecular complexity index is 866. The van der Waals surface area contributed by atoms with Gasteiger partial charge >= 0.3 is 6.36 Å². The van der Waals surface area contributed by atoms with Gasteiger partial charge in [0.25, 0.3) is 0 Å². The predicted molar refractivity (Wildman–Crippen MR) is 99.8 cm³/mol. The van der Waals surface area contributed by atoms with Gasteiger partial charge in [0, 0.05) is 26.1 Å². The molecule has 1 N–H and O–H groups in total. The highest BCUT2D eigenvalue weighted by Gasteiger charge is 2.31. The van der Waals surface area contributed by atoms with Gasteiger partial charge < -0.3 is 15.0 Å². The molecular weight excluding hydrogens is 385 g/mol. The standard InChI is InChI=1S/C21H21F3N2O3/c22-21(23,24)29-18-8-6-15(7-9-18)12-19(27)25-13-16-3-1-4-17(11-16)14-26-10-2-5-20(26)28/h1,3-4,6-9,11H,2,5,10,12-14H2,(H,25,27). The molecule has 8 heteroatoms. The van der Waals surface area contributed by atoms with Gasteiger partial charge in [0.05, 0.1) is 6.42 Å². The second-order valence-corrected chi connectivity index (χ2v) is 6.88. The van der Waals surface area contributed by atoms with Crippen molar-refractivity contribution in [3.63, 3.8) is 0 Å². The first-order valence-electron chi connectivity index (χ1n) is 9.25. The van der Waals surface area contributed by atoms with E-state index in [2.05, 4.69) is 10.1 Å². The van der Waals surface area contributed by atoms with Crippen molar-refractivity contribution in [3.8, 4) is 5.75 Å². The molecule has 0 bridgehead atoms. The first-order valence-corrected chi connectivity index (χ1v) is 9.25. The molecule has 3 rings (SSSR count). The summed E-state index contributed by atoms with van der Waals surface area (Å²) in [5, 5.41) is 2.80. The molecule has 29 heavy (non-hydrogen) atoms. The summed E-state index contributed by atoms with van der Waals surface area (Å²) in [6, 6.07) is 12.9. The summed E-state index contributed by atoms with van der Waals surface area (Å²) in [5.74, 6) is -0.403. The molecule has 5 nitrogen and oxygen atoms in total. The van der Waals surface area contributed by atoms with Crippen molar-refractivity contribution in [2.24, 2.45) is 0 Å². The summed E-state index contributed by atoms with van der Waals surface area (Å²) in [6.07, 6.45) is -3.21. The van der Waals surface area contributed by atoms with Gasteiger partial charge in [-0.3, -0.25) is 9.59 Å². The van der Waals surface area contributed by atoms with Crippen molar-refractivity contribution in [1.82, 2.24) is 10.2 Å². The van der Waals surface area contributed by atoms with Crippen molar-refractivity contribution in [3.05, 3.63) is 65.2 Å². The molecule has 1 saturated heterocycles. The van der Waals surface area contributed by atoms with Gasteiger partial charge in [-0.15, -0.1) is 13.2 Å². The third-order valence-electron chi connectivity index (χ3n) is 4.55. The molecule has 1 fully saturated rings. The molecule has 0 spiro atoms. The highest BCUT2D eigenvalue weighted by Crippen LogP contribution is 2.22. The Morgan fingerprint density at radius 3 is 2.45 bits per heavy atom. The van der Waals surface area contributed by atoms with Crippen LogP contribution in [0.2, 0.25) is 0 Å². The van der Waals surface area contributed by atoms with Gasteiger partial charge in [0.2, 0.25) is 11.8 Å². The molecular formula is C21H21F3N2O3. The lowest BCUT2D eigenvalue weighted by Gasteiger charge is -2.16. The van der Waals surface area contributed by atoms with E-state index >= 15 is 0 Å². The Balaban J connectivity index is 1.49. The number of ether oxygens (including phenoxy) is 1. The Kier molecular flexibility index (Phi) is 6.41. The molecule has 0 atom stereocenters. The number of hydrogen-bond donors (Lipinski definition) is 1. The number of nitrogens with one attached hydrogen (secondary N) is 1. The van der Waals surface area contributed by atoms with Crippen LogP contribution < -0.4 is 10.1 Å². The number of rotatable bonds is 7. The summed E-state index contributed by atoms with van der Waals surface area (Å²) in [4.78, 5) is 25.7. The van der Waals surface area contributed by atoms with Crippen LogP contribution in [0.3, 0.4) is 0 Å².